The third kappa shape index (κ3) is 5.48. The number of carbonyl (C=O) groups is 1. The molecule has 1 amide bonds. The molecular weight excluding hydrogens is 380 g/mol. The number of H-pyrrole nitrogens is 1. The Hall–Kier alpha value is -3.12. The first kappa shape index (κ1) is 21.6. The van der Waals surface area contributed by atoms with E-state index in [0.29, 0.717) is 23.5 Å². The van der Waals surface area contributed by atoms with Gasteiger partial charge in [-0.25, -0.2) is 4.98 Å². The highest BCUT2D eigenvalue weighted by Gasteiger charge is 2.26. The van der Waals surface area contributed by atoms with Crippen LogP contribution < -0.4 is 15.5 Å². The van der Waals surface area contributed by atoms with Crippen molar-refractivity contribution >= 4 is 23.5 Å². The van der Waals surface area contributed by atoms with Crippen molar-refractivity contribution in [1.82, 2.24) is 30.4 Å². The number of anilines is 3. The lowest BCUT2D eigenvalue weighted by Crippen LogP contribution is -2.45. The first-order chi connectivity index (χ1) is 14.6. The number of amides is 1. The smallest absolute Gasteiger partial charge is 0.270 e. The van der Waals surface area contributed by atoms with E-state index in [1.54, 1.807) is 6.07 Å². The van der Waals surface area contributed by atoms with Crippen LogP contribution in [-0.4, -0.2) is 70.7 Å². The SMILES string of the molecule is C#CCNC(=O)c1cc(Nc2cc(C3CC3)[nH]n2)nc(N2CCN(C)CC2)n1.CC. The Morgan fingerprint density at radius 2 is 1.93 bits per heavy atom. The molecule has 3 N–H and O–H groups in total. The zero-order valence-electron chi connectivity index (χ0n) is 17.9. The summed E-state index contributed by atoms with van der Waals surface area (Å²) >= 11 is 0. The normalized spacial score (nSPS) is 16.3. The van der Waals surface area contributed by atoms with Crippen LogP contribution in [0.3, 0.4) is 0 Å². The molecular formula is C21H30N8O. The maximum Gasteiger partial charge on any atom is 0.270 e. The quantitative estimate of drug-likeness (QED) is 0.626. The van der Waals surface area contributed by atoms with E-state index < -0.39 is 0 Å². The van der Waals surface area contributed by atoms with Crippen LogP contribution in [0, 0.1) is 12.3 Å². The molecule has 30 heavy (non-hydrogen) atoms. The number of piperazine rings is 1. The van der Waals surface area contributed by atoms with Crippen LogP contribution in [0.5, 0.6) is 0 Å². The minimum atomic E-state index is -0.320. The van der Waals surface area contributed by atoms with Crippen LogP contribution in [-0.2, 0) is 0 Å². The Labute approximate surface area is 177 Å². The monoisotopic (exact) mass is 410 g/mol. The van der Waals surface area contributed by atoms with Gasteiger partial charge in [0.15, 0.2) is 5.82 Å². The van der Waals surface area contributed by atoms with Crippen molar-refractivity contribution in [2.45, 2.75) is 32.6 Å². The van der Waals surface area contributed by atoms with Gasteiger partial charge in [0.1, 0.15) is 11.5 Å². The highest BCUT2D eigenvalue weighted by atomic mass is 16.1. The van der Waals surface area contributed by atoms with E-state index in [4.69, 9.17) is 6.42 Å². The van der Waals surface area contributed by atoms with Gasteiger partial charge in [0.2, 0.25) is 5.95 Å². The summed E-state index contributed by atoms with van der Waals surface area (Å²) < 4.78 is 0. The van der Waals surface area contributed by atoms with Crippen molar-refractivity contribution in [3.8, 4) is 12.3 Å². The Morgan fingerprint density at radius 3 is 2.60 bits per heavy atom. The molecule has 1 saturated carbocycles. The first-order valence-corrected chi connectivity index (χ1v) is 10.5. The van der Waals surface area contributed by atoms with E-state index in [-0.39, 0.29) is 18.1 Å². The molecule has 4 rings (SSSR count). The summed E-state index contributed by atoms with van der Waals surface area (Å²) in [6.45, 7) is 7.60. The third-order valence-corrected chi connectivity index (χ3v) is 4.96. The maximum absolute atomic E-state index is 12.4. The van der Waals surface area contributed by atoms with E-state index in [0.717, 1.165) is 31.9 Å². The van der Waals surface area contributed by atoms with Gasteiger partial charge < -0.3 is 20.4 Å². The average Bonchev–Trinajstić information content (AvgIpc) is 3.53. The Balaban J connectivity index is 0.00000124. The van der Waals surface area contributed by atoms with Crippen LogP contribution in [0.25, 0.3) is 0 Å². The van der Waals surface area contributed by atoms with Crippen molar-refractivity contribution in [2.75, 3.05) is 50.0 Å². The van der Waals surface area contributed by atoms with Crippen LogP contribution >= 0.6 is 0 Å². The number of nitrogens with one attached hydrogen (secondary N) is 3. The molecule has 2 aromatic heterocycles. The zero-order valence-corrected chi connectivity index (χ0v) is 17.9. The van der Waals surface area contributed by atoms with Gasteiger partial charge in [0.05, 0.1) is 6.54 Å². The molecule has 1 aliphatic carbocycles. The first-order valence-electron chi connectivity index (χ1n) is 10.5. The highest BCUT2D eigenvalue weighted by Crippen LogP contribution is 2.39. The van der Waals surface area contributed by atoms with Crippen LogP contribution in [0.15, 0.2) is 12.1 Å². The minimum Gasteiger partial charge on any atom is -0.340 e. The predicted octanol–water partition coefficient (Wildman–Crippen LogP) is 1.96. The molecule has 160 valence electrons. The van der Waals surface area contributed by atoms with Crippen LogP contribution in [0.2, 0.25) is 0 Å². The van der Waals surface area contributed by atoms with E-state index in [2.05, 4.69) is 53.6 Å². The second-order valence-electron chi connectivity index (χ2n) is 7.22. The molecule has 0 bridgehead atoms. The summed E-state index contributed by atoms with van der Waals surface area (Å²) in [7, 11) is 2.09. The summed E-state index contributed by atoms with van der Waals surface area (Å²) in [4.78, 5) is 25.9. The summed E-state index contributed by atoms with van der Waals surface area (Å²) in [5, 5.41) is 13.2. The molecule has 2 fully saturated rings. The minimum absolute atomic E-state index is 0.152. The number of likely N-dealkylation sites (N-methyl/N-ethyl adjacent to an activating group) is 1. The lowest BCUT2D eigenvalue weighted by Gasteiger charge is -2.32. The molecule has 9 nitrogen and oxygen atoms in total. The number of nitrogens with zero attached hydrogens (tertiary/aromatic N) is 5. The molecule has 0 spiro atoms. The number of aromatic amines is 1. The van der Waals surface area contributed by atoms with E-state index in [9.17, 15) is 4.79 Å². The molecule has 9 heteroatoms. The second-order valence-corrected chi connectivity index (χ2v) is 7.22. The molecule has 1 saturated heterocycles. The second kappa shape index (κ2) is 10.1. The standard InChI is InChI=1S/C19H24N8O.C2H6/c1-3-6-20-18(28)15-12-16(22-17-11-14(24-25-17)13-4-5-13)23-19(21-15)27-9-7-26(2)8-10-27;1-2/h1,11-13H,4-10H2,2H3,(H,20,28)(H2,21,22,23,24,25);1-2H3. The summed E-state index contributed by atoms with van der Waals surface area (Å²) in [5.74, 6) is 4.41. The Bertz CT molecular complexity index is 891. The molecule has 3 heterocycles. The number of rotatable bonds is 6. The van der Waals surface area contributed by atoms with Crippen molar-refractivity contribution in [2.24, 2.45) is 0 Å². The largest absolute Gasteiger partial charge is 0.340 e. The van der Waals surface area contributed by atoms with Gasteiger partial charge in [-0.15, -0.1) is 6.42 Å². The summed E-state index contributed by atoms with van der Waals surface area (Å²) in [5.41, 5.74) is 1.41. The van der Waals surface area contributed by atoms with Crippen molar-refractivity contribution in [3.05, 3.63) is 23.5 Å². The number of aromatic nitrogens is 4. The molecule has 2 aromatic rings. The molecule has 0 atom stereocenters. The number of hydrogen-bond acceptors (Lipinski definition) is 7. The van der Waals surface area contributed by atoms with Gasteiger partial charge in [-0.05, 0) is 19.9 Å². The maximum atomic E-state index is 12.4. The number of hydrogen-bond donors (Lipinski definition) is 3. The van der Waals surface area contributed by atoms with E-state index >= 15 is 0 Å². The summed E-state index contributed by atoms with van der Waals surface area (Å²) in [6, 6.07) is 3.62. The van der Waals surface area contributed by atoms with Gasteiger partial charge in [0.25, 0.3) is 5.91 Å². The van der Waals surface area contributed by atoms with E-state index in [1.165, 1.54) is 12.8 Å². The Kier molecular flexibility index (Phi) is 7.25. The molecule has 2 aliphatic rings. The molecule has 0 aromatic carbocycles. The molecule has 0 unspecified atom stereocenters. The average molecular weight is 411 g/mol. The molecule has 1 aliphatic heterocycles. The van der Waals surface area contributed by atoms with Gasteiger partial charge in [-0.1, -0.05) is 19.8 Å². The fourth-order valence-electron chi connectivity index (χ4n) is 3.12. The lowest BCUT2D eigenvalue weighted by molar-refractivity contribution is 0.0953. The van der Waals surface area contributed by atoms with Gasteiger partial charge >= 0.3 is 0 Å². The van der Waals surface area contributed by atoms with Crippen molar-refractivity contribution in [3.63, 3.8) is 0 Å². The van der Waals surface area contributed by atoms with Crippen molar-refractivity contribution < 1.29 is 4.79 Å². The molecule has 0 radical (unpaired) electrons. The van der Waals surface area contributed by atoms with Crippen molar-refractivity contribution in [1.29, 1.82) is 0 Å². The zero-order chi connectivity index (χ0) is 21.5. The highest BCUT2D eigenvalue weighted by molar-refractivity contribution is 5.93. The third-order valence-electron chi connectivity index (χ3n) is 4.96. The van der Waals surface area contributed by atoms with E-state index in [1.807, 2.05) is 19.9 Å². The predicted molar refractivity (Wildman–Crippen MR) is 118 cm³/mol. The van der Waals surface area contributed by atoms with Crippen LogP contribution in [0.4, 0.5) is 17.6 Å². The topological polar surface area (TPSA) is 102 Å². The van der Waals surface area contributed by atoms with Gasteiger partial charge in [-0.3, -0.25) is 9.89 Å². The Morgan fingerprint density at radius 1 is 1.20 bits per heavy atom. The van der Waals surface area contributed by atoms with Gasteiger partial charge in [-0.2, -0.15) is 10.1 Å². The van der Waals surface area contributed by atoms with Crippen LogP contribution in [0.1, 0.15) is 48.8 Å². The summed E-state index contributed by atoms with van der Waals surface area (Å²) in [6.07, 6.45) is 7.64. The number of carbonyl (C=O) groups excluding carboxylic acids is 1. The lowest BCUT2D eigenvalue weighted by atomic mass is 10.3. The number of terminal acetylenes is 1. The van der Waals surface area contributed by atoms with Gasteiger partial charge in [0, 0.05) is 49.9 Å². The fourth-order valence-corrected chi connectivity index (χ4v) is 3.12. The fraction of sp³-hybridized carbons (Fsp3) is 0.524.